The van der Waals surface area contributed by atoms with Gasteiger partial charge in [0, 0.05) is 13.1 Å². The van der Waals surface area contributed by atoms with E-state index >= 15 is 0 Å². The van der Waals surface area contributed by atoms with Crippen LogP contribution in [0.3, 0.4) is 0 Å². The highest BCUT2D eigenvalue weighted by Crippen LogP contribution is 2.45. The highest BCUT2D eigenvalue weighted by Gasteiger charge is 2.36. The average molecular weight is 429 g/mol. The fourth-order valence-electron chi connectivity index (χ4n) is 4.23. The van der Waals surface area contributed by atoms with Crippen LogP contribution in [-0.2, 0) is 9.53 Å². The molecule has 0 saturated carbocycles. The van der Waals surface area contributed by atoms with Crippen molar-refractivity contribution in [1.82, 2.24) is 0 Å². The third kappa shape index (κ3) is 3.78. The van der Waals surface area contributed by atoms with Gasteiger partial charge < -0.3 is 9.64 Å². The van der Waals surface area contributed by atoms with Crippen LogP contribution in [0, 0.1) is 12.7 Å². The van der Waals surface area contributed by atoms with Gasteiger partial charge in [-0.05, 0) is 62.1 Å². The van der Waals surface area contributed by atoms with Crippen molar-refractivity contribution >= 4 is 35.0 Å². The largest absolute Gasteiger partial charge is 0.462 e. The summed E-state index contributed by atoms with van der Waals surface area (Å²) in [5, 5.41) is -0.225. The molecule has 1 amide bonds. The maximum absolute atomic E-state index is 13.4. The van der Waals surface area contributed by atoms with E-state index in [2.05, 4.69) is 4.90 Å². The second-order valence-corrected chi connectivity index (χ2v) is 8.57. The number of ether oxygens (including phenoxy) is 1. The molecule has 2 aromatic carbocycles. The van der Waals surface area contributed by atoms with Gasteiger partial charge in [0.25, 0.3) is 0 Å². The number of hydrogen-bond donors (Lipinski definition) is 0. The number of esters is 1. The molecule has 2 aromatic rings. The van der Waals surface area contributed by atoms with Gasteiger partial charge in [-0.1, -0.05) is 12.1 Å². The van der Waals surface area contributed by atoms with Crippen molar-refractivity contribution in [2.24, 2.45) is 0 Å². The van der Waals surface area contributed by atoms with Crippen LogP contribution in [0.25, 0.3) is 0 Å². The van der Waals surface area contributed by atoms with E-state index in [0.29, 0.717) is 17.9 Å². The fourth-order valence-corrected chi connectivity index (χ4v) is 5.40. The van der Waals surface area contributed by atoms with Gasteiger partial charge in [0.1, 0.15) is 11.2 Å². The third-order valence-electron chi connectivity index (χ3n) is 5.60. The standard InChI is InChI=1S/C23H25FN2O3S/c1-3-29-23(28)18-10-11-19(15(2)21(18)25-12-4-5-13-25)26-20(27)14-30-22(26)16-6-8-17(24)9-7-16/h6-11,22H,3-5,12-14H2,1-2H3. The molecule has 0 aromatic heterocycles. The van der Waals surface area contributed by atoms with Gasteiger partial charge in [-0.25, -0.2) is 9.18 Å². The minimum Gasteiger partial charge on any atom is -0.462 e. The van der Waals surface area contributed by atoms with Crippen LogP contribution in [0.15, 0.2) is 36.4 Å². The Morgan fingerprint density at radius 3 is 2.53 bits per heavy atom. The molecule has 1 unspecified atom stereocenters. The van der Waals surface area contributed by atoms with Gasteiger partial charge >= 0.3 is 5.97 Å². The SMILES string of the molecule is CCOC(=O)c1ccc(N2C(=O)CSC2c2ccc(F)cc2)c(C)c1N1CCCC1. The van der Waals surface area contributed by atoms with Crippen molar-refractivity contribution in [2.75, 3.05) is 35.2 Å². The van der Waals surface area contributed by atoms with Crippen molar-refractivity contribution in [3.05, 3.63) is 58.9 Å². The summed E-state index contributed by atoms with van der Waals surface area (Å²) >= 11 is 1.53. The van der Waals surface area contributed by atoms with E-state index in [9.17, 15) is 14.0 Å². The average Bonchev–Trinajstić information content (AvgIpc) is 3.39. The molecular formula is C23H25FN2O3S. The van der Waals surface area contributed by atoms with E-state index in [0.717, 1.165) is 48.4 Å². The second kappa shape index (κ2) is 8.68. The zero-order valence-corrected chi connectivity index (χ0v) is 18.0. The molecule has 0 radical (unpaired) electrons. The lowest BCUT2D eigenvalue weighted by atomic mass is 10.0. The van der Waals surface area contributed by atoms with Crippen LogP contribution >= 0.6 is 11.8 Å². The van der Waals surface area contributed by atoms with E-state index in [-0.39, 0.29) is 23.1 Å². The minimum absolute atomic E-state index is 0.00804. The smallest absolute Gasteiger partial charge is 0.340 e. The van der Waals surface area contributed by atoms with Crippen LogP contribution in [0.1, 0.15) is 46.6 Å². The Labute approximate surface area is 180 Å². The summed E-state index contributed by atoms with van der Waals surface area (Å²) in [6.45, 7) is 5.82. The van der Waals surface area contributed by atoms with E-state index < -0.39 is 0 Å². The second-order valence-electron chi connectivity index (χ2n) is 7.50. The van der Waals surface area contributed by atoms with Crippen LogP contribution in [-0.4, -0.2) is 37.3 Å². The number of amides is 1. The number of carbonyl (C=O) groups is 2. The molecule has 0 spiro atoms. The monoisotopic (exact) mass is 428 g/mol. The zero-order chi connectivity index (χ0) is 21.3. The molecule has 4 rings (SSSR count). The van der Waals surface area contributed by atoms with E-state index in [4.69, 9.17) is 4.74 Å². The van der Waals surface area contributed by atoms with Crippen molar-refractivity contribution in [3.63, 3.8) is 0 Å². The Kier molecular flexibility index (Phi) is 5.99. The van der Waals surface area contributed by atoms with Crippen molar-refractivity contribution in [2.45, 2.75) is 32.1 Å². The predicted octanol–water partition coefficient (Wildman–Crippen LogP) is 4.69. The first-order valence-electron chi connectivity index (χ1n) is 10.3. The number of nitrogens with zero attached hydrogens (tertiary/aromatic N) is 2. The molecule has 30 heavy (non-hydrogen) atoms. The molecule has 7 heteroatoms. The maximum atomic E-state index is 13.4. The van der Waals surface area contributed by atoms with Gasteiger partial charge in [0.2, 0.25) is 5.91 Å². The normalized spacial score (nSPS) is 18.9. The van der Waals surface area contributed by atoms with E-state index in [1.165, 1.54) is 23.9 Å². The summed E-state index contributed by atoms with van der Waals surface area (Å²) < 4.78 is 18.7. The van der Waals surface area contributed by atoms with Gasteiger partial charge in [0.05, 0.1) is 29.3 Å². The topological polar surface area (TPSA) is 49.9 Å². The molecular weight excluding hydrogens is 403 g/mol. The fraction of sp³-hybridized carbons (Fsp3) is 0.391. The van der Waals surface area contributed by atoms with Crippen molar-refractivity contribution in [3.8, 4) is 0 Å². The first-order chi connectivity index (χ1) is 14.5. The molecule has 2 aliphatic rings. The van der Waals surface area contributed by atoms with Gasteiger partial charge in [-0.3, -0.25) is 9.69 Å². The maximum Gasteiger partial charge on any atom is 0.340 e. The molecule has 0 bridgehead atoms. The van der Waals surface area contributed by atoms with E-state index in [1.807, 2.05) is 13.0 Å². The number of carbonyl (C=O) groups excluding carboxylic acids is 2. The number of thioether (sulfide) groups is 1. The summed E-state index contributed by atoms with van der Waals surface area (Å²) in [4.78, 5) is 29.5. The molecule has 2 aliphatic heterocycles. The number of anilines is 2. The number of rotatable bonds is 5. The van der Waals surface area contributed by atoms with Crippen molar-refractivity contribution in [1.29, 1.82) is 0 Å². The van der Waals surface area contributed by atoms with Gasteiger partial charge in [-0.15, -0.1) is 11.8 Å². The first-order valence-corrected chi connectivity index (χ1v) is 11.3. The Hall–Kier alpha value is -2.54. The molecule has 1 atom stereocenters. The van der Waals surface area contributed by atoms with Gasteiger partial charge in [-0.2, -0.15) is 0 Å². The Morgan fingerprint density at radius 1 is 1.17 bits per heavy atom. The third-order valence-corrected chi connectivity index (χ3v) is 6.81. The number of benzene rings is 2. The quantitative estimate of drug-likeness (QED) is 0.647. The lowest BCUT2D eigenvalue weighted by Gasteiger charge is -2.30. The zero-order valence-electron chi connectivity index (χ0n) is 17.2. The lowest BCUT2D eigenvalue weighted by molar-refractivity contribution is -0.115. The summed E-state index contributed by atoms with van der Waals surface area (Å²) in [6, 6.07) is 9.89. The number of halogens is 1. The summed E-state index contributed by atoms with van der Waals surface area (Å²) in [7, 11) is 0. The highest BCUT2D eigenvalue weighted by atomic mass is 32.2. The minimum atomic E-state index is -0.341. The van der Waals surface area contributed by atoms with E-state index in [1.54, 1.807) is 30.0 Å². The van der Waals surface area contributed by atoms with Crippen LogP contribution in [0.4, 0.5) is 15.8 Å². The summed E-state index contributed by atoms with van der Waals surface area (Å²) in [5.74, 6) is -0.272. The Morgan fingerprint density at radius 2 is 1.87 bits per heavy atom. The van der Waals surface area contributed by atoms with Crippen molar-refractivity contribution < 1.29 is 18.7 Å². The Balaban J connectivity index is 1.79. The van der Waals surface area contributed by atoms with Crippen LogP contribution in [0.5, 0.6) is 0 Å². The summed E-state index contributed by atoms with van der Waals surface area (Å²) in [6.07, 6.45) is 2.14. The molecule has 0 aliphatic carbocycles. The molecule has 158 valence electrons. The molecule has 0 N–H and O–H groups in total. The molecule has 5 nitrogen and oxygen atoms in total. The predicted molar refractivity (Wildman–Crippen MR) is 118 cm³/mol. The van der Waals surface area contributed by atoms with Crippen LogP contribution in [0.2, 0.25) is 0 Å². The lowest BCUT2D eigenvalue weighted by Crippen LogP contribution is -2.30. The molecule has 2 saturated heterocycles. The Bertz CT molecular complexity index is 958. The first kappa shape index (κ1) is 20.7. The summed E-state index contributed by atoms with van der Waals surface area (Å²) in [5.41, 5.74) is 3.95. The molecule has 2 fully saturated rings. The van der Waals surface area contributed by atoms with Crippen LogP contribution < -0.4 is 9.80 Å². The highest BCUT2D eigenvalue weighted by molar-refractivity contribution is 8.00. The van der Waals surface area contributed by atoms with Gasteiger partial charge in [0.15, 0.2) is 0 Å². The molecule has 2 heterocycles. The number of hydrogen-bond acceptors (Lipinski definition) is 5.